The van der Waals surface area contributed by atoms with E-state index in [9.17, 15) is 0 Å². The molecule has 0 fully saturated rings. The molecule has 2 nitrogen and oxygen atoms in total. The van der Waals surface area contributed by atoms with Crippen LogP contribution in [0.25, 0.3) is 0 Å². The Morgan fingerprint density at radius 2 is 1.00 bits per heavy atom. The topological polar surface area (TPSA) is 40.5 Å². The molecule has 0 bridgehead atoms. The van der Waals surface area contributed by atoms with E-state index >= 15 is 0 Å². The van der Waals surface area contributed by atoms with Gasteiger partial charge in [0.15, 0.2) is 0 Å². The summed E-state index contributed by atoms with van der Waals surface area (Å²) in [7, 11) is 0. The zero-order chi connectivity index (χ0) is 7.15. The molecule has 0 aromatic rings. The van der Waals surface area contributed by atoms with Crippen LogP contribution in [0.2, 0.25) is 0 Å². The van der Waals surface area contributed by atoms with Gasteiger partial charge in [0.1, 0.15) is 0 Å². The number of hydrogen-bond acceptors (Lipinski definition) is 4. The summed E-state index contributed by atoms with van der Waals surface area (Å²) >= 11 is 15.6. The SMILES string of the molecule is OC(=S)[S-].OC(=S)[S-].[Mo+2]. The maximum atomic E-state index is 7.60. The fourth-order valence-corrected chi connectivity index (χ4v) is 0. The van der Waals surface area contributed by atoms with Crippen molar-refractivity contribution in [3.8, 4) is 0 Å². The van der Waals surface area contributed by atoms with Gasteiger partial charge in [0.25, 0.3) is 0 Å². The summed E-state index contributed by atoms with van der Waals surface area (Å²) in [6.45, 7) is 0. The number of aliphatic hydroxyl groups is 2. The van der Waals surface area contributed by atoms with Gasteiger partial charge in [0, 0.05) is 8.77 Å². The van der Waals surface area contributed by atoms with Gasteiger partial charge in [0.2, 0.25) is 0 Å². The second-order valence-corrected chi connectivity index (χ2v) is 2.60. The van der Waals surface area contributed by atoms with Crippen molar-refractivity contribution in [1.29, 1.82) is 0 Å². The third-order valence-electron chi connectivity index (χ3n) is 0. The minimum Gasteiger partial charge on any atom is -0.528 e. The Kier molecular flexibility index (Phi) is 21.4. The first kappa shape index (κ1) is 16.5. The second-order valence-electron chi connectivity index (χ2n) is 0.532. The van der Waals surface area contributed by atoms with Crippen molar-refractivity contribution in [3.63, 3.8) is 0 Å². The van der Waals surface area contributed by atoms with Crippen molar-refractivity contribution in [2.24, 2.45) is 0 Å². The van der Waals surface area contributed by atoms with E-state index in [-0.39, 0.29) is 21.1 Å². The van der Waals surface area contributed by atoms with Gasteiger partial charge in [-0.25, -0.2) is 0 Å². The first-order valence-electron chi connectivity index (χ1n) is 1.26. The van der Waals surface area contributed by atoms with E-state index in [1.165, 1.54) is 0 Å². The third kappa shape index (κ3) is 515. The summed E-state index contributed by atoms with van der Waals surface area (Å²) in [5.74, 6) is 0. The Hall–Kier alpha value is 0.908. The van der Waals surface area contributed by atoms with Gasteiger partial charge in [-0.15, -0.1) is 0 Å². The molecular formula is C2H2MoO2S4. The van der Waals surface area contributed by atoms with Crippen molar-refractivity contribution in [2.45, 2.75) is 0 Å². The Balaban J connectivity index is -0.0000000720. The minimum absolute atomic E-state index is 0. The van der Waals surface area contributed by atoms with Gasteiger partial charge in [-0.1, -0.05) is 0 Å². The van der Waals surface area contributed by atoms with E-state index in [0.29, 0.717) is 0 Å². The standard InChI is InChI=1S/2CH2OS2.Mo/c2*2-1(3)4;/h2*(H2,2,3,4);/q;;+2/p-2. The van der Waals surface area contributed by atoms with Crippen LogP contribution >= 0.6 is 24.4 Å². The molecule has 0 spiro atoms. The van der Waals surface area contributed by atoms with Crippen molar-refractivity contribution in [2.75, 3.05) is 0 Å². The summed E-state index contributed by atoms with van der Waals surface area (Å²) in [6, 6.07) is 0. The predicted molar refractivity (Wildman–Crippen MR) is 45.2 cm³/mol. The van der Waals surface area contributed by atoms with Gasteiger partial charge in [-0.3, -0.25) is 0 Å². The maximum absolute atomic E-state index is 7.60. The Bertz CT molecular complexity index is 74.6. The van der Waals surface area contributed by atoms with Crippen molar-refractivity contribution in [1.82, 2.24) is 0 Å². The van der Waals surface area contributed by atoms with Crippen LogP contribution in [-0.4, -0.2) is 19.0 Å². The van der Waals surface area contributed by atoms with E-state index in [0.717, 1.165) is 0 Å². The summed E-state index contributed by atoms with van der Waals surface area (Å²) in [5, 5.41) is 15.2. The van der Waals surface area contributed by atoms with E-state index < -0.39 is 8.77 Å². The van der Waals surface area contributed by atoms with Crippen LogP contribution in [0.5, 0.6) is 0 Å². The molecule has 0 amide bonds. The Labute approximate surface area is 89.1 Å². The van der Waals surface area contributed by atoms with Crippen molar-refractivity contribution < 1.29 is 31.3 Å². The van der Waals surface area contributed by atoms with Gasteiger partial charge in [-0.05, 0) is 0 Å². The molecule has 7 heteroatoms. The fourth-order valence-electron chi connectivity index (χ4n) is 0. The van der Waals surface area contributed by atoms with Crippen LogP contribution in [0, 0.1) is 0 Å². The monoisotopic (exact) mass is 284 g/mol. The predicted octanol–water partition coefficient (Wildman–Crippen LogP) is 0.750. The summed E-state index contributed by atoms with van der Waals surface area (Å²) < 4.78 is -0.833. The molecule has 0 heterocycles. The molecule has 0 unspecified atom stereocenters. The van der Waals surface area contributed by atoms with Crippen LogP contribution < -0.4 is 0 Å². The number of rotatable bonds is 0. The van der Waals surface area contributed by atoms with E-state index in [4.69, 9.17) is 10.2 Å². The molecule has 0 aromatic heterocycles. The number of thiocarbonyl (C=S) groups is 2. The quantitative estimate of drug-likeness (QED) is 0.388. The molecule has 9 heavy (non-hydrogen) atoms. The Morgan fingerprint density at radius 1 is 1.00 bits per heavy atom. The van der Waals surface area contributed by atoms with Gasteiger partial charge < -0.3 is 59.9 Å². The van der Waals surface area contributed by atoms with E-state index in [1.54, 1.807) is 0 Å². The molecule has 52 valence electrons. The smallest absolute Gasteiger partial charge is 0.528 e. The van der Waals surface area contributed by atoms with Crippen molar-refractivity contribution in [3.05, 3.63) is 0 Å². The first-order chi connectivity index (χ1) is 3.46. The molecule has 0 atom stereocenters. The molecule has 0 aromatic carbocycles. The number of hydrogen-bond donors (Lipinski definition) is 2. The zero-order valence-corrected chi connectivity index (χ0v) is 9.21. The average Bonchev–Trinajstić information content (AvgIpc) is 1.25. The number of aliphatic hydroxyl groups excluding tert-OH is 2. The second kappa shape index (κ2) is 11.7. The first-order valence-corrected chi connectivity index (χ1v) is 2.90. The maximum Gasteiger partial charge on any atom is 2.00 e. The average molecular weight is 282 g/mol. The minimum atomic E-state index is -0.417. The van der Waals surface area contributed by atoms with Gasteiger partial charge >= 0.3 is 21.1 Å². The largest absolute Gasteiger partial charge is 2.00 e. The van der Waals surface area contributed by atoms with Crippen LogP contribution in [-0.2, 0) is 46.3 Å². The van der Waals surface area contributed by atoms with Crippen LogP contribution in [0.4, 0.5) is 0 Å². The molecular weight excluding hydrogens is 280 g/mol. The molecule has 2 N–H and O–H groups in total. The molecule has 0 aliphatic heterocycles. The summed E-state index contributed by atoms with van der Waals surface area (Å²) in [6.07, 6.45) is 0. The molecule has 0 saturated carbocycles. The van der Waals surface area contributed by atoms with E-state index in [1.807, 2.05) is 0 Å². The molecule has 0 aliphatic rings. The normalized spacial score (nSPS) is 5.33. The molecule has 0 aliphatic carbocycles. The van der Waals surface area contributed by atoms with E-state index in [2.05, 4.69) is 49.7 Å². The zero-order valence-electron chi connectivity index (χ0n) is 3.94. The van der Waals surface area contributed by atoms with Gasteiger partial charge in [-0.2, -0.15) is 0 Å². The molecule has 0 radical (unpaired) electrons. The third-order valence-corrected chi connectivity index (χ3v) is 0. The Morgan fingerprint density at radius 3 is 1.00 bits per heavy atom. The van der Waals surface area contributed by atoms with Crippen LogP contribution in [0.15, 0.2) is 0 Å². The molecule has 0 rings (SSSR count). The van der Waals surface area contributed by atoms with Crippen LogP contribution in [0.1, 0.15) is 0 Å². The summed E-state index contributed by atoms with van der Waals surface area (Å²) in [4.78, 5) is 0. The van der Waals surface area contributed by atoms with Crippen molar-refractivity contribution >= 4 is 58.5 Å². The van der Waals surface area contributed by atoms with Crippen LogP contribution in [0.3, 0.4) is 0 Å². The van der Waals surface area contributed by atoms with Gasteiger partial charge in [0.05, 0.1) is 0 Å². The molecule has 0 saturated heterocycles. The fraction of sp³-hybridized carbons (Fsp3) is 0. The summed E-state index contributed by atoms with van der Waals surface area (Å²) in [5.41, 5.74) is 0.